The van der Waals surface area contributed by atoms with E-state index in [9.17, 15) is 9.59 Å². The molecule has 0 aromatic heterocycles. The summed E-state index contributed by atoms with van der Waals surface area (Å²) < 4.78 is 10.5. The summed E-state index contributed by atoms with van der Waals surface area (Å²) in [6, 6.07) is 10.9. The summed E-state index contributed by atoms with van der Waals surface area (Å²) in [5.41, 5.74) is 3.15. The standard InChI is InChI=1S/C20H22ClNO4/c1-12-7-5-6-8-15(12)10-19(23)26-14(3)20(24)22-17-9-13(2)16(21)11-18(17)25-4/h5-9,11,14H,10H2,1-4H3,(H,22,24). The molecule has 6 heteroatoms. The fourth-order valence-electron chi connectivity index (χ4n) is 2.42. The summed E-state index contributed by atoms with van der Waals surface area (Å²) in [6.45, 7) is 5.28. The molecule has 5 nitrogen and oxygen atoms in total. The van der Waals surface area contributed by atoms with Crippen LogP contribution in [0.15, 0.2) is 36.4 Å². The van der Waals surface area contributed by atoms with Crippen LogP contribution in [0, 0.1) is 13.8 Å². The van der Waals surface area contributed by atoms with Crippen LogP contribution < -0.4 is 10.1 Å². The van der Waals surface area contributed by atoms with Gasteiger partial charge in [0.05, 0.1) is 19.2 Å². The lowest BCUT2D eigenvalue weighted by Crippen LogP contribution is -2.30. The number of ether oxygens (including phenoxy) is 2. The Balaban J connectivity index is 2.00. The van der Waals surface area contributed by atoms with Crippen LogP contribution in [0.2, 0.25) is 5.02 Å². The van der Waals surface area contributed by atoms with Crippen LogP contribution in [0.5, 0.6) is 5.75 Å². The number of carbonyl (C=O) groups excluding carboxylic acids is 2. The molecule has 1 amide bonds. The van der Waals surface area contributed by atoms with Crippen molar-refractivity contribution in [1.82, 2.24) is 0 Å². The van der Waals surface area contributed by atoms with Crippen molar-refractivity contribution in [3.8, 4) is 5.75 Å². The molecule has 0 fully saturated rings. The number of hydrogen-bond donors (Lipinski definition) is 1. The highest BCUT2D eigenvalue weighted by Crippen LogP contribution is 2.31. The minimum absolute atomic E-state index is 0.119. The van der Waals surface area contributed by atoms with Crippen LogP contribution >= 0.6 is 11.6 Å². The average molecular weight is 376 g/mol. The first-order valence-corrected chi connectivity index (χ1v) is 8.58. The maximum atomic E-state index is 12.4. The fraction of sp³-hybridized carbons (Fsp3) is 0.300. The quantitative estimate of drug-likeness (QED) is 0.773. The first-order valence-electron chi connectivity index (χ1n) is 8.20. The van der Waals surface area contributed by atoms with E-state index in [0.29, 0.717) is 16.5 Å². The number of nitrogens with one attached hydrogen (secondary N) is 1. The summed E-state index contributed by atoms with van der Waals surface area (Å²) >= 11 is 6.06. The molecule has 0 aliphatic heterocycles. The van der Waals surface area contributed by atoms with Gasteiger partial charge in [0.2, 0.25) is 0 Å². The second kappa shape index (κ2) is 8.72. The van der Waals surface area contributed by atoms with Crippen LogP contribution in [-0.2, 0) is 20.7 Å². The summed E-state index contributed by atoms with van der Waals surface area (Å²) in [5, 5.41) is 3.25. The summed E-state index contributed by atoms with van der Waals surface area (Å²) in [7, 11) is 1.49. The van der Waals surface area contributed by atoms with Gasteiger partial charge in [0.25, 0.3) is 5.91 Å². The van der Waals surface area contributed by atoms with Crippen molar-refractivity contribution in [2.75, 3.05) is 12.4 Å². The largest absolute Gasteiger partial charge is 0.495 e. The monoisotopic (exact) mass is 375 g/mol. The van der Waals surface area contributed by atoms with Gasteiger partial charge in [-0.15, -0.1) is 0 Å². The van der Waals surface area contributed by atoms with Gasteiger partial charge in [-0.1, -0.05) is 35.9 Å². The van der Waals surface area contributed by atoms with E-state index in [1.165, 1.54) is 14.0 Å². The maximum Gasteiger partial charge on any atom is 0.311 e. The zero-order valence-electron chi connectivity index (χ0n) is 15.3. The minimum Gasteiger partial charge on any atom is -0.495 e. The third-order valence-corrected chi connectivity index (χ3v) is 4.42. The number of anilines is 1. The third kappa shape index (κ3) is 4.99. The lowest BCUT2D eigenvalue weighted by Gasteiger charge is -2.16. The highest BCUT2D eigenvalue weighted by Gasteiger charge is 2.20. The maximum absolute atomic E-state index is 12.4. The van der Waals surface area contributed by atoms with Crippen molar-refractivity contribution in [3.05, 3.63) is 58.1 Å². The second-order valence-electron chi connectivity index (χ2n) is 6.03. The Bertz CT molecular complexity index is 819. The van der Waals surface area contributed by atoms with Crippen molar-refractivity contribution >= 4 is 29.2 Å². The van der Waals surface area contributed by atoms with Crippen LogP contribution in [0.25, 0.3) is 0 Å². The minimum atomic E-state index is -0.938. The third-order valence-electron chi connectivity index (χ3n) is 4.01. The molecule has 0 aliphatic rings. The van der Waals surface area contributed by atoms with Gasteiger partial charge < -0.3 is 14.8 Å². The number of amides is 1. The first kappa shape index (κ1) is 19.8. The van der Waals surface area contributed by atoms with Gasteiger partial charge in [0.15, 0.2) is 6.10 Å². The molecule has 0 saturated heterocycles. The summed E-state index contributed by atoms with van der Waals surface area (Å²) in [6.07, 6.45) is -0.819. The van der Waals surface area contributed by atoms with Crippen LogP contribution in [0.1, 0.15) is 23.6 Å². The number of esters is 1. The summed E-state index contributed by atoms with van der Waals surface area (Å²) in [4.78, 5) is 24.5. The molecule has 2 rings (SSSR count). The van der Waals surface area contributed by atoms with Crippen LogP contribution in [0.3, 0.4) is 0 Å². The van der Waals surface area contributed by atoms with E-state index in [2.05, 4.69) is 5.32 Å². The number of carbonyl (C=O) groups is 2. The molecule has 0 saturated carbocycles. The number of methoxy groups -OCH3 is 1. The van der Waals surface area contributed by atoms with Crippen molar-refractivity contribution in [2.24, 2.45) is 0 Å². The van der Waals surface area contributed by atoms with Gasteiger partial charge >= 0.3 is 5.97 Å². The van der Waals surface area contributed by atoms with Crippen molar-refractivity contribution in [2.45, 2.75) is 33.3 Å². The van der Waals surface area contributed by atoms with Gasteiger partial charge in [-0.3, -0.25) is 9.59 Å². The highest BCUT2D eigenvalue weighted by atomic mass is 35.5. The van der Waals surface area contributed by atoms with Crippen LogP contribution in [0.4, 0.5) is 5.69 Å². The molecule has 0 spiro atoms. The highest BCUT2D eigenvalue weighted by molar-refractivity contribution is 6.31. The average Bonchev–Trinajstić information content (AvgIpc) is 2.59. The molecule has 0 aliphatic carbocycles. The van der Waals surface area contributed by atoms with E-state index in [0.717, 1.165) is 16.7 Å². The van der Waals surface area contributed by atoms with Crippen LogP contribution in [-0.4, -0.2) is 25.1 Å². The Morgan fingerprint density at radius 1 is 1.15 bits per heavy atom. The molecular formula is C20H22ClNO4. The smallest absolute Gasteiger partial charge is 0.311 e. The van der Waals surface area contributed by atoms with Gasteiger partial charge in [-0.25, -0.2) is 0 Å². The molecule has 1 unspecified atom stereocenters. The second-order valence-corrected chi connectivity index (χ2v) is 6.43. The van der Waals surface area contributed by atoms with E-state index in [-0.39, 0.29) is 6.42 Å². The SMILES string of the molecule is COc1cc(Cl)c(C)cc1NC(=O)C(C)OC(=O)Cc1ccccc1C. The Kier molecular flexibility index (Phi) is 6.64. The molecule has 0 bridgehead atoms. The Morgan fingerprint density at radius 3 is 2.50 bits per heavy atom. The normalized spacial score (nSPS) is 11.6. The molecule has 2 aromatic carbocycles. The van der Waals surface area contributed by atoms with Gasteiger partial charge in [0.1, 0.15) is 5.75 Å². The zero-order chi connectivity index (χ0) is 19.3. The van der Waals surface area contributed by atoms with Crippen molar-refractivity contribution < 1.29 is 19.1 Å². The van der Waals surface area contributed by atoms with E-state index in [4.69, 9.17) is 21.1 Å². The zero-order valence-corrected chi connectivity index (χ0v) is 16.0. The van der Waals surface area contributed by atoms with Gasteiger partial charge in [-0.2, -0.15) is 0 Å². The van der Waals surface area contributed by atoms with Crippen molar-refractivity contribution in [1.29, 1.82) is 0 Å². The van der Waals surface area contributed by atoms with E-state index in [1.807, 2.05) is 38.1 Å². The Hall–Kier alpha value is -2.53. The number of rotatable bonds is 6. The number of benzene rings is 2. The lowest BCUT2D eigenvalue weighted by molar-refractivity contribution is -0.152. The van der Waals surface area contributed by atoms with E-state index >= 15 is 0 Å². The summed E-state index contributed by atoms with van der Waals surface area (Å²) in [5.74, 6) is -0.461. The fourth-order valence-corrected chi connectivity index (χ4v) is 2.57. The first-order chi connectivity index (χ1) is 12.3. The van der Waals surface area contributed by atoms with Gasteiger partial charge in [0, 0.05) is 11.1 Å². The number of halogens is 1. The Morgan fingerprint density at radius 2 is 1.85 bits per heavy atom. The molecule has 0 radical (unpaired) electrons. The molecule has 0 heterocycles. The van der Waals surface area contributed by atoms with Crippen molar-refractivity contribution in [3.63, 3.8) is 0 Å². The van der Waals surface area contributed by atoms with Gasteiger partial charge in [-0.05, 0) is 43.5 Å². The topological polar surface area (TPSA) is 64.6 Å². The predicted octanol–water partition coefficient (Wildman–Crippen LogP) is 4.08. The molecule has 1 N–H and O–H groups in total. The predicted molar refractivity (Wildman–Crippen MR) is 102 cm³/mol. The number of hydrogen-bond acceptors (Lipinski definition) is 4. The molecular weight excluding hydrogens is 354 g/mol. The molecule has 1 atom stereocenters. The number of aryl methyl sites for hydroxylation is 2. The molecule has 26 heavy (non-hydrogen) atoms. The Labute approximate surface area is 158 Å². The molecule has 2 aromatic rings. The molecule has 138 valence electrons. The van der Waals surface area contributed by atoms with E-state index < -0.39 is 18.0 Å². The lowest BCUT2D eigenvalue weighted by atomic mass is 10.1. The van der Waals surface area contributed by atoms with E-state index in [1.54, 1.807) is 12.1 Å².